The van der Waals surface area contributed by atoms with E-state index in [4.69, 9.17) is 10.00 Å². The average Bonchev–Trinajstić information content (AvgIpc) is 2.22. The van der Waals surface area contributed by atoms with Gasteiger partial charge in [-0.1, -0.05) is 13.8 Å². The number of hydrogen-bond donors (Lipinski definition) is 2. The first-order valence-electron chi connectivity index (χ1n) is 6.64. The lowest BCUT2D eigenvalue weighted by atomic mass is 9.92. The van der Waals surface area contributed by atoms with E-state index < -0.39 is 23.8 Å². The van der Waals surface area contributed by atoms with Crippen molar-refractivity contribution < 1.29 is 14.6 Å². The van der Waals surface area contributed by atoms with Crippen LogP contribution < -0.4 is 5.32 Å². The molecule has 5 nitrogen and oxygen atoms in total. The fraction of sp³-hybridized carbons (Fsp3) is 0.857. The Balaban J connectivity index is 4.58. The summed E-state index contributed by atoms with van der Waals surface area (Å²) in [4.78, 5) is 11.7. The Bertz CT molecular complexity index is 329. The van der Waals surface area contributed by atoms with Gasteiger partial charge in [-0.2, -0.15) is 5.26 Å². The zero-order valence-corrected chi connectivity index (χ0v) is 12.7. The van der Waals surface area contributed by atoms with E-state index in [0.29, 0.717) is 6.42 Å². The van der Waals surface area contributed by atoms with Crippen LogP contribution in [0.2, 0.25) is 0 Å². The van der Waals surface area contributed by atoms with E-state index in [2.05, 4.69) is 11.4 Å². The molecule has 0 aromatic heterocycles. The number of nitriles is 1. The highest BCUT2D eigenvalue weighted by Crippen LogP contribution is 2.15. The van der Waals surface area contributed by atoms with Gasteiger partial charge in [0, 0.05) is 5.92 Å². The number of carbonyl (C=O) groups is 1. The van der Waals surface area contributed by atoms with Crippen LogP contribution >= 0.6 is 0 Å². The van der Waals surface area contributed by atoms with Gasteiger partial charge in [0.05, 0.1) is 18.2 Å². The topological polar surface area (TPSA) is 82.3 Å². The molecule has 0 aliphatic heterocycles. The third-order valence-corrected chi connectivity index (χ3v) is 2.63. The molecule has 0 radical (unpaired) electrons. The van der Waals surface area contributed by atoms with Gasteiger partial charge < -0.3 is 15.2 Å². The molecule has 5 heteroatoms. The lowest BCUT2D eigenvalue weighted by Gasteiger charge is -2.29. The van der Waals surface area contributed by atoms with Crippen molar-refractivity contribution >= 4 is 6.09 Å². The quantitative estimate of drug-likeness (QED) is 0.804. The van der Waals surface area contributed by atoms with Gasteiger partial charge >= 0.3 is 6.09 Å². The highest BCUT2D eigenvalue weighted by molar-refractivity contribution is 5.68. The summed E-state index contributed by atoms with van der Waals surface area (Å²) in [5, 5.41) is 21.6. The number of nitrogens with one attached hydrogen (secondary N) is 1. The molecule has 0 aromatic rings. The van der Waals surface area contributed by atoms with Crippen LogP contribution in [-0.2, 0) is 4.74 Å². The first-order valence-corrected chi connectivity index (χ1v) is 6.64. The molecule has 0 rings (SSSR count). The Morgan fingerprint density at radius 1 is 1.37 bits per heavy atom. The molecule has 19 heavy (non-hydrogen) atoms. The zero-order valence-electron chi connectivity index (χ0n) is 12.7. The van der Waals surface area contributed by atoms with Gasteiger partial charge in [-0.05, 0) is 40.0 Å². The monoisotopic (exact) mass is 270 g/mol. The minimum atomic E-state index is -0.762. The number of nitrogens with zero attached hydrogens (tertiary/aromatic N) is 1. The highest BCUT2D eigenvalue weighted by atomic mass is 16.6. The summed E-state index contributed by atoms with van der Waals surface area (Å²) in [5.41, 5.74) is -0.573. The molecule has 110 valence electrons. The van der Waals surface area contributed by atoms with Crippen LogP contribution in [0.25, 0.3) is 0 Å². The van der Waals surface area contributed by atoms with Gasteiger partial charge in [0.25, 0.3) is 0 Å². The predicted molar refractivity (Wildman–Crippen MR) is 73.4 cm³/mol. The molecule has 0 bridgehead atoms. The highest BCUT2D eigenvalue weighted by Gasteiger charge is 2.28. The van der Waals surface area contributed by atoms with Crippen molar-refractivity contribution in [2.75, 3.05) is 0 Å². The molecule has 0 spiro atoms. The van der Waals surface area contributed by atoms with E-state index in [1.54, 1.807) is 27.7 Å². The van der Waals surface area contributed by atoms with E-state index in [1.807, 2.05) is 13.8 Å². The van der Waals surface area contributed by atoms with Gasteiger partial charge in [-0.25, -0.2) is 4.79 Å². The second-order valence-electron chi connectivity index (χ2n) is 6.25. The molecular formula is C14H26N2O3. The minimum absolute atomic E-state index is 0.0495. The summed E-state index contributed by atoms with van der Waals surface area (Å²) < 4.78 is 5.17. The van der Waals surface area contributed by atoms with Crippen molar-refractivity contribution in [1.82, 2.24) is 5.32 Å². The van der Waals surface area contributed by atoms with Crippen molar-refractivity contribution in [1.29, 1.82) is 5.26 Å². The number of carbonyl (C=O) groups excluding carboxylic acids is 1. The maximum absolute atomic E-state index is 11.7. The SMILES string of the molecule is CC(C)[C@H](NC(=O)OC(C)(C)C)[C@H](O)C[C@@H](C)C#N. The normalized spacial score (nSPS) is 16.4. The van der Waals surface area contributed by atoms with Crippen LogP contribution in [0.5, 0.6) is 0 Å². The molecule has 2 N–H and O–H groups in total. The number of ether oxygens (including phenoxy) is 1. The number of rotatable bonds is 5. The van der Waals surface area contributed by atoms with Crippen LogP contribution in [-0.4, -0.2) is 28.9 Å². The van der Waals surface area contributed by atoms with E-state index in [1.165, 1.54) is 0 Å². The Kier molecular flexibility index (Phi) is 6.85. The van der Waals surface area contributed by atoms with E-state index in [-0.39, 0.29) is 11.8 Å². The molecule has 0 saturated heterocycles. The van der Waals surface area contributed by atoms with Crippen LogP contribution in [0.4, 0.5) is 4.79 Å². The van der Waals surface area contributed by atoms with Gasteiger partial charge in [0.2, 0.25) is 0 Å². The van der Waals surface area contributed by atoms with Crippen molar-refractivity contribution in [3.8, 4) is 6.07 Å². The molecule has 0 heterocycles. The van der Waals surface area contributed by atoms with E-state index in [9.17, 15) is 9.90 Å². The molecule has 0 aromatic carbocycles. The summed E-state index contributed by atoms with van der Waals surface area (Å²) in [6, 6.07) is 1.65. The molecule has 0 saturated carbocycles. The van der Waals surface area contributed by atoms with Gasteiger partial charge in [-0.3, -0.25) is 0 Å². The average molecular weight is 270 g/mol. The number of amides is 1. The van der Waals surface area contributed by atoms with E-state index in [0.717, 1.165) is 0 Å². The molecule has 0 aliphatic rings. The second-order valence-corrected chi connectivity index (χ2v) is 6.25. The van der Waals surface area contributed by atoms with Crippen molar-refractivity contribution in [3.63, 3.8) is 0 Å². The third kappa shape index (κ3) is 7.68. The van der Waals surface area contributed by atoms with Crippen molar-refractivity contribution in [2.24, 2.45) is 11.8 Å². The zero-order chi connectivity index (χ0) is 15.2. The molecule has 3 atom stereocenters. The van der Waals surface area contributed by atoms with Crippen molar-refractivity contribution in [2.45, 2.75) is 65.7 Å². The predicted octanol–water partition coefficient (Wildman–Crippen LogP) is 2.45. The summed E-state index contributed by atoms with van der Waals surface area (Å²) >= 11 is 0. The third-order valence-electron chi connectivity index (χ3n) is 2.63. The lowest BCUT2D eigenvalue weighted by Crippen LogP contribution is -2.48. The molecular weight excluding hydrogens is 244 g/mol. The van der Waals surface area contributed by atoms with E-state index >= 15 is 0 Å². The summed E-state index contributed by atoms with van der Waals surface area (Å²) in [6.45, 7) is 10.9. The van der Waals surface area contributed by atoms with Crippen LogP contribution in [0.15, 0.2) is 0 Å². The Morgan fingerprint density at radius 3 is 2.26 bits per heavy atom. The molecule has 1 amide bonds. The molecule has 0 fully saturated rings. The fourth-order valence-electron chi connectivity index (χ4n) is 1.71. The van der Waals surface area contributed by atoms with Crippen molar-refractivity contribution in [3.05, 3.63) is 0 Å². The fourth-order valence-corrected chi connectivity index (χ4v) is 1.71. The van der Waals surface area contributed by atoms with Crippen LogP contribution in [0.3, 0.4) is 0 Å². The lowest BCUT2D eigenvalue weighted by molar-refractivity contribution is 0.0349. The maximum Gasteiger partial charge on any atom is 0.407 e. The molecule has 0 aliphatic carbocycles. The summed E-state index contributed by atoms with van der Waals surface area (Å²) in [5.74, 6) is -0.204. The second kappa shape index (κ2) is 7.34. The standard InChI is InChI=1S/C14H26N2O3/c1-9(2)12(11(17)7-10(3)8-15)16-13(18)19-14(4,5)6/h9-12,17H,7H2,1-6H3,(H,16,18)/t10-,11-,12+/m1/s1. The van der Waals surface area contributed by atoms with Crippen LogP contribution in [0, 0.1) is 23.2 Å². The Hall–Kier alpha value is -1.28. The summed E-state index contributed by atoms with van der Waals surface area (Å²) in [6.07, 6.45) is -0.980. The van der Waals surface area contributed by atoms with Crippen LogP contribution in [0.1, 0.15) is 48.0 Å². The largest absolute Gasteiger partial charge is 0.444 e. The first kappa shape index (κ1) is 17.7. The number of alkyl carbamates (subject to hydrolysis) is 1. The number of hydrogen-bond acceptors (Lipinski definition) is 4. The first-order chi connectivity index (χ1) is 8.56. The van der Waals surface area contributed by atoms with Gasteiger partial charge in [0.15, 0.2) is 0 Å². The number of aliphatic hydroxyl groups is 1. The van der Waals surface area contributed by atoms with Gasteiger partial charge in [0.1, 0.15) is 5.60 Å². The van der Waals surface area contributed by atoms with Gasteiger partial charge in [-0.15, -0.1) is 0 Å². The number of aliphatic hydroxyl groups excluding tert-OH is 1. The minimum Gasteiger partial charge on any atom is -0.444 e. The molecule has 0 unspecified atom stereocenters. The smallest absolute Gasteiger partial charge is 0.407 e. The Labute approximate surface area is 115 Å². The summed E-state index contributed by atoms with van der Waals surface area (Å²) in [7, 11) is 0. The Morgan fingerprint density at radius 2 is 1.89 bits per heavy atom. The maximum atomic E-state index is 11.7.